The summed E-state index contributed by atoms with van der Waals surface area (Å²) in [6.07, 6.45) is 1.96. The van der Waals surface area contributed by atoms with Gasteiger partial charge in [0.05, 0.1) is 0 Å². The lowest BCUT2D eigenvalue weighted by molar-refractivity contribution is 0.514. The molecule has 3 N–H and O–H groups in total. The van der Waals surface area contributed by atoms with Crippen LogP contribution in [0.15, 0.2) is 57.5 Å². The van der Waals surface area contributed by atoms with Crippen LogP contribution in [0.5, 0.6) is 0 Å². The summed E-state index contributed by atoms with van der Waals surface area (Å²) in [6, 6.07) is 16.8. The topological polar surface area (TPSA) is 38.0 Å². The fraction of sp³-hybridized carbons (Fsp3) is 0.200. The summed E-state index contributed by atoms with van der Waals surface area (Å²) in [7, 11) is 0. The molecule has 0 fully saturated rings. The Morgan fingerprint density at radius 3 is 2.42 bits per heavy atom. The third kappa shape index (κ3) is 4.14. The lowest BCUT2D eigenvalue weighted by Gasteiger charge is -2.18. The lowest BCUT2D eigenvalue weighted by Crippen LogP contribution is -2.28. The lowest BCUT2D eigenvalue weighted by atomic mass is 9.99. The Labute approximate surface area is 130 Å². The molecular formula is C15H16Br2N2. The van der Waals surface area contributed by atoms with Crippen LogP contribution in [-0.2, 0) is 6.42 Å². The first-order chi connectivity index (χ1) is 9.20. The van der Waals surface area contributed by atoms with E-state index in [0.29, 0.717) is 0 Å². The highest BCUT2D eigenvalue weighted by molar-refractivity contribution is 9.11. The van der Waals surface area contributed by atoms with Gasteiger partial charge < -0.3 is 0 Å². The summed E-state index contributed by atoms with van der Waals surface area (Å²) in [6.45, 7) is 0. The molecule has 2 nitrogen and oxygen atoms in total. The molecule has 4 heteroatoms. The van der Waals surface area contributed by atoms with Gasteiger partial charge in [0.15, 0.2) is 0 Å². The Hall–Kier alpha value is -0.680. The van der Waals surface area contributed by atoms with Gasteiger partial charge in [0, 0.05) is 15.0 Å². The molecule has 0 saturated heterocycles. The maximum absolute atomic E-state index is 5.69. The van der Waals surface area contributed by atoms with Crippen LogP contribution in [0.3, 0.4) is 0 Å². The van der Waals surface area contributed by atoms with E-state index in [0.717, 1.165) is 21.8 Å². The van der Waals surface area contributed by atoms with E-state index < -0.39 is 0 Å². The van der Waals surface area contributed by atoms with Crippen LogP contribution in [0.2, 0.25) is 0 Å². The van der Waals surface area contributed by atoms with Crippen molar-refractivity contribution in [1.29, 1.82) is 0 Å². The van der Waals surface area contributed by atoms with E-state index in [1.165, 1.54) is 11.1 Å². The number of halogens is 2. The van der Waals surface area contributed by atoms with Gasteiger partial charge in [-0.15, -0.1) is 0 Å². The van der Waals surface area contributed by atoms with Crippen molar-refractivity contribution >= 4 is 31.9 Å². The molecule has 0 aromatic heterocycles. The highest BCUT2D eigenvalue weighted by Crippen LogP contribution is 2.29. The molecule has 19 heavy (non-hydrogen) atoms. The molecule has 2 aromatic carbocycles. The van der Waals surface area contributed by atoms with E-state index in [-0.39, 0.29) is 6.04 Å². The standard InChI is InChI=1S/C15H16Br2N2/c16-12-7-8-13(14(17)10-12)15(19-18)9-6-11-4-2-1-3-5-11/h1-5,7-8,10,15,19H,6,9,18H2. The first-order valence-electron chi connectivity index (χ1n) is 6.15. The molecule has 1 atom stereocenters. The molecule has 0 saturated carbocycles. The average Bonchev–Trinajstić information content (AvgIpc) is 2.42. The first kappa shape index (κ1) is 14.7. The zero-order chi connectivity index (χ0) is 13.7. The van der Waals surface area contributed by atoms with Crippen LogP contribution in [-0.4, -0.2) is 0 Å². The van der Waals surface area contributed by atoms with Gasteiger partial charge in [-0.25, -0.2) is 0 Å². The number of benzene rings is 2. The van der Waals surface area contributed by atoms with Gasteiger partial charge in [0.25, 0.3) is 0 Å². The molecule has 0 heterocycles. The molecule has 2 rings (SSSR count). The van der Waals surface area contributed by atoms with Crippen molar-refractivity contribution in [2.45, 2.75) is 18.9 Å². The zero-order valence-electron chi connectivity index (χ0n) is 10.4. The fourth-order valence-electron chi connectivity index (χ4n) is 2.07. The Kier molecular flexibility index (Phi) is 5.58. The average molecular weight is 384 g/mol. The third-order valence-electron chi connectivity index (χ3n) is 3.10. The minimum absolute atomic E-state index is 0.141. The normalized spacial score (nSPS) is 12.4. The van der Waals surface area contributed by atoms with Crippen molar-refractivity contribution < 1.29 is 0 Å². The Bertz CT molecular complexity index is 529. The van der Waals surface area contributed by atoms with Gasteiger partial charge in [0.1, 0.15) is 0 Å². The van der Waals surface area contributed by atoms with E-state index in [1.807, 2.05) is 18.2 Å². The summed E-state index contributed by atoms with van der Waals surface area (Å²) in [5.41, 5.74) is 5.42. The van der Waals surface area contributed by atoms with Crippen molar-refractivity contribution in [1.82, 2.24) is 5.43 Å². The van der Waals surface area contributed by atoms with E-state index in [2.05, 4.69) is 67.6 Å². The van der Waals surface area contributed by atoms with E-state index >= 15 is 0 Å². The maximum Gasteiger partial charge on any atom is 0.0474 e. The summed E-state index contributed by atoms with van der Waals surface area (Å²) in [5.74, 6) is 5.69. The predicted molar refractivity (Wildman–Crippen MR) is 86.7 cm³/mol. The summed E-state index contributed by atoms with van der Waals surface area (Å²) in [4.78, 5) is 0. The maximum atomic E-state index is 5.69. The summed E-state index contributed by atoms with van der Waals surface area (Å²) < 4.78 is 2.12. The summed E-state index contributed by atoms with van der Waals surface area (Å²) in [5, 5.41) is 0. The number of hydrogen-bond acceptors (Lipinski definition) is 2. The number of rotatable bonds is 5. The number of aryl methyl sites for hydroxylation is 1. The SMILES string of the molecule is NNC(CCc1ccccc1)c1ccc(Br)cc1Br. The second kappa shape index (κ2) is 7.20. The van der Waals surface area contributed by atoms with Gasteiger partial charge in [0.2, 0.25) is 0 Å². The van der Waals surface area contributed by atoms with Crippen LogP contribution in [0, 0.1) is 0 Å². The van der Waals surface area contributed by atoms with Crippen molar-refractivity contribution in [2.75, 3.05) is 0 Å². The van der Waals surface area contributed by atoms with E-state index in [4.69, 9.17) is 5.84 Å². The van der Waals surface area contributed by atoms with Gasteiger partial charge in [-0.1, -0.05) is 68.3 Å². The third-order valence-corrected chi connectivity index (χ3v) is 4.28. The summed E-state index contributed by atoms with van der Waals surface area (Å²) >= 11 is 7.05. The van der Waals surface area contributed by atoms with E-state index in [1.54, 1.807) is 0 Å². The molecule has 2 aromatic rings. The van der Waals surface area contributed by atoms with Gasteiger partial charge in [-0.05, 0) is 36.1 Å². The largest absolute Gasteiger partial charge is 0.271 e. The number of hydrogen-bond donors (Lipinski definition) is 2. The number of nitrogens with two attached hydrogens (primary N) is 1. The first-order valence-corrected chi connectivity index (χ1v) is 7.74. The minimum Gasteiger partial charge on any atom is -0.271 e. The molecule has 0 spiro atoms. The van der Waals surface area contributed by atoms with Crippen LogP contribution >= 0.6 is 31.9 Å². The van der Waals surface area contributed by atoms with Crippen LogP contribution in [0.1, 0.15) is 23.6 Å². The van der Waals surface area contributed by atoms with Crippen LogP contribution in [0.4, 0.5) is 0 Å². The number of nitrogens with one attached hydrogen (secondary N) is 1. The van der Waals surface area contributed by atoms with Gasteiger partial charge >= 0.3 is 0 Å². The molecule has 0 aliphatic carbocycles. The fourth-order valence-corrected chi connectivity index (χ4v) is 3.39. The van der Waals surface area contributed by atoms with Crippen molar-refractivity contribution in [3.05, 3.63) is 68.6 Å². The van der Waals surface area contributed by atoms with Crippen molar-refractivity contribution in [3.63, 3.8) is 0 Å². The minimum atomic E-state index is 0.141. The van der Waals surface area contributed by atoms with Crippen LogP contribution in [0.25, 0.3) is 0 Å². The second-order valence-electron chi connectivity index (χ2n) is 4.41. The molecular weight excluding hydrogens is 368 g/mol. The number of hydrazine groups is 1. The Morgan fingerprint density at radius 2 is 1.79 bits per heavy atom. The van der Waals surface area contributed by atoms with Crippen molar-refractivity contribution in [3.8, 4) is 0 Å². The second-order valence-corrected chi connectivity index (χ2v) is 6.18. The smallest absolute Gasteiger partial charge is 0.0474 e. The molecule has 0 aliphatic heterocycles. The zero-order valence-corrected chi connectivity index (χ0v) is 13.6. The highest BCUT2D eigenvalue weighted by atomic mass is 79.9. The molecule has 100 valence electrons. The molecule has 0 aliphatic rings. The van der Waals surface area contributed by atoms with Crippen LogP contribution < -0.4 is 11.3 Å². The Balaban J connectivity index is 2.08. The monoisotopic (exact) mass is 382 g/mol. The van der Waals surface area contributed by atoms with Gasteiger partial charge in [-0.2, -0.15) is 0 Å². The van der Waals surface area contributed by atoms with Gasteiger partial charge in [-0.3, -0.25) is 11.3 Å². The van der Waals surface area contributed by atoms with Crippen molar-refractivity contribution in [2.24, 2.45) is 5.84 Å². The quantitative estimate of drug-likeness (QED) is 0.595. The molecule has 0 amide bonds. The van der Waals surface area contributed by atoms with E-state index in [9.17, 15) is 0 Å². The molecule has 1 unspecified atom stereocenters. The highest BCUT2D eigenvalue weighted by Gasteiger charge is 2.13. The molecule has 0 radical (unpaired) electrons. The Morgan fingerprint density at radius 1 is 1.05 bits per heavy atom. The molecule has 0 bridgehead atoms. The predicted octanol–water partition coefficient (Wildman–Crippen LogP) is 4.35.